The number of aromatic nitrogens is 5. The van der Waals surface area contributed by atoms with E-state index in [2.05, 4.69) is 36.4 Å². The number of amides is 1. The second-order valence-corrected chi connectivity index (χ2v) is 8.87. The van der Waals surface area contributed by atoms with Gasteiger partial charge in [-0.1, -0.05) is 40.9 Å². The summed E-state index contributed by atoms with van der Waals surface area (Å²) in [6.45, 7) is 1.58. The Hall–Kier alpha value is -2.34. The SMILES string of the molecule is Cc1cc(C(F)(F)F)n2nc(C(=O)Nc3nn(Cc4c(Cl)cccc4Cl)cc3Cl)c(Br)c2n1. The van der Waals surface area contributed by atoms with Crippen molar-refractivity contribution in [1.29, 1.82) is 0 Å². The van der Waals surface area contributed by atoms with Crippen molar-refractivity contribution in [2.45, 2.75) is 19.6 Å². The van der Waals surface area contributed by atoms with Crippen molar-refractivity contribution in [1.82, 2.24) is 24.4 Å². The van der Waals surface area contributed by atoms with Gasteiger partial charge in [-0.15, -0.1) is 0 Å². The number of hydrogen-bond donors (Lipinski definition) is 1. The lowest BCUT2D eigenvalue weighted by Crippen LogP contribution is -2.16. The standard InChI is InChI=1S/C19H11BrCl3F3N6O/c1-8-5-13(19(24,25)26)32-17(27-8)14(20)15(29-32)18(33)28-16-12(23)7-31(30-16)6-9-10(21)3-2-4-11(9)22/h2-5,7H,6H2,1H3,(H,28,30,33). The quantitative estimate of drug-likeness (QED) is 0.308. The highest BCUT2D eigenvalue weighted by molar-refractivity contribution is 9.10. The first-order valence-corrected chi connectivity index (χ1v) is 11.0. The number of hydrogen-bond acceptors (Lipinski definition) is 4. The van der Waals surface area contributed by atoms with Crippen LogP contribution in [0.25, 0.3) is 5.65 Å². The van der Waals surface area contributed by atoms with E-state index < -0.39 is 17.8 Å². The molecule has 4 rings (SSSR count). The van der Waals surface area contributed by atoms with Crippen LogP contribution >= 0.6 is 50.7 Å². The second kappa shape index (κ2) is 8.79. The largest absolute Gasteiger partial charge is 0.433 e. The zero-order chi connectivity index (χ0) is 24.1. The summed E-state index contributed by atoms with van der Waals surface area (Å²) in [5.74, 6) is -0.852. The molecule has 0 unspecified atom stereocenters. The van der Waals surface area contributed by atoms with Crippen LogP contribution < -0.4 is 5.32 Å². The van der Waals surface area contributed by atoms with Crippen molar-refractivity contribution in [3.05, 3.63) is 72.6 Å². The molecule has 1 aromatic carbocycles. The van der Waals surface area contributed by atoms with Gasteiger partial charge in [0.15, 0.2) is 17.2 Å². The number of alkyl halides is 3. The Labute approximate surface area is 207 Å². The Kier molecular flexibility index (Phi) is 6.34. The van der Waals surface area contributed by atoms with Crippen LogP contribution in [-0.4, -0.2) is 30.3 Å². The number of nitrogens with zero attached hydrogens (tertiary/aromatic N) is 5. The maximum Gasteiger partial charge on any atom is 0.433 e. The summed E-state index contributed by atoms with van der Waals surface area (Å²) in [5, 5.41) is 11.4. The predicted octanol–water partition coefficient (Wildman–Crippen LogP) is 6.28. The molecule has 0 radical (unpaired) electrons. The topological polar surface area (TPSA) is 77.1 Å². The van der Waals surface area contributed by atoms with E-state index in [1.165, 1.54) is 17.8 Å². The van der Waals surface area contributed by atoms with E-state index in [9.17, 15) is 18.0 Å². The van der Waals surface area contributed by atoms with Crippen molar-refractivity contribution < 1.29 is 18.0 Å². The third kappa shape index (κ3) is 4.68. The van der Waals surface area contributed by atoms with Crippen LogP contribution in [0.15, 0.2) is 34.9 Å². The molecule has 7 nitrogen and oxygen atoms in total. The first kappa shape index (κ1) is 23.8. The second-order valence-electron chi connectivity index (χ2n) is 6.86. The van der Waals surface area contributed by atoms with Crippen LogP contribution in [0, 0.1) is 6.92 Å². The van der Waals surface area contributed by atoms with E-state index in [4.69, 9.17) is 34.8 Å². The highest BCUT2D eigenvalue weighted by Gasteiger charge is 2.36. The van der Waals surface area contributed by atoms with E-state index in [0.717, 1.165) is 6.07 Å². The lowest BCUT2D eigenvalue weighted by molar-refractivity contribution is -0.142. The molecular formula is C19H11BrCl3F3N6O. The smallest absolute Gasteiger partial charge is 0.302 e. The summed E-state index contributed by atoms with van der Waals surface area (Å²) in [7, 11) is 0. The van der Waals surface area contributed by atoms with Crippen LogP contribution in [0.1, 0.15) is 27.4 Å². The van der Waals surface area contributed by atoms with Gasteiger partial charge in [0.05, 0.1) is 11.0 Å². The minimum atomic E-state index is -4.70. The van der Waals surface area contributed by atoms with Gasteiger partial charge < -0.3 is 5.32 Å². The number of aryl methyl sites for hydroxylation is 1. The number of anilines is 1. The molecule has 3 aromatic heterocycles. The fourth-order valence-corrected chi connectivity index (χ4v) is 4.27. The van der Waals surface area contributed by atoms with Gasteiger partial charge in [0.25, 0.3) is 5.91 Å². The number of rotatable bonds is 4. The number of benzene rings is 1. The van der Waals surface area contributed by atoms with Crippen molar-refractivity contribution >= 4 is 68.1 Å². The number of carbonyl (C=O) groups excluding carboxylic acids is 1. The third-order valence-electron chi connectivity index (χ3n) is 4.50. The summed E-state index contributed by atoms with van der Waals surface area (Å²) in [6.07, 6.45) is -3.25. The molecule has 4 aromatic rings. The van der Waals surface area contributed by atoms with Crippen LogP contribution in [0.2, 0.25) is 15.1 Å². The zero-order valence-electron chi connectivity index (χ0n) is 16.4. The average Bonchev–Trinajstić information content (AvgIpc) is 3.23. The van der Waals surface area contributed by atoms with Gasteiger partial charge in [0.1, 0.15) is 10.7 Å². The summed E-state index contributed by atoms with van der Waals surface area (Å²) < 4.78 is 42.2. The van der Waals surface area contributed by atoms with Crippen molar-refractivity contribution in [3.63, 3.8) is 0 Å². The van der Waals surface area contributed by atoms with E-state index in [0.29, 0.717) is 20.1 Å². The molecule has 0 aliphatic carbocycles. The zero-order valence-corrected chi connectivity index (χ0v) is 20.2. The monoisotopic (exact) mass is 580 g/mol. The number of nitrogens with one attached hydrogen (secondary N) is 1. The van der Waals surface area contributed by atoms with Gasteiger partial charge >= 0.3 is 6.18 Å². The Morgan fingerprint density at radius 1 is 1.15 bits per heavy atom. The number of halogens is 7. The Morgan fingerprint density at radius 3 is 2.45 bits per heavy atom. The van der Waals surface area contributed by atoms with Gasteiger partial charge in [-0.2, -0.15) is 23.4 Å². The first-order valence-electron chi connectivity index (χ1n) is 9.06. The molecule has 0 aliphatic heterocycles. The molecule has 0 saturated carbocycles. The van der Waals surface area contributed by atoms with Crippen LogP contribution in [0.5, 0.6) is 0 Å². The van der Waals surface area contributed by atoms with Gasteiger partial charge in [0.2, 0.25) is 0 Å². The van der Waals surface area contributed by atoms with E-state index in [1.54, 1.807) is 18.2 Å². The van der Waals surface area contributed by atoms with E-state index in [-0.39, 0.29) is 38.9 Å². The van der Waals surface area contributed by atoms with Crippen LogP contribution in [0.3, 0.4) is 0 Å². The molecule has 0 fully saturated rings. The molecule has 0 aliphatic rings. The molecular weight excluding hydrogens is 572 g/mol. The van der Waals surface area contributed by atoms with Crippen molar-refractivity contribution in [2.75, 3.05) is 5.32 Å². The Morgan fingerprint density at radius 2 is 1.82 bits per heavy atom. The first-order chi connectivity index (χ1) is 15.5. The highest BCUT2D eigenvalue weighted by atomic mass is 79.9. The summed E-state index contributed by atoms with van der Waals surface area (Å²) in [4.78, 5) is 16.8. The van der Waals surface area contributed by atoms with Crippen LogP contribution in [0.4, 0.5) is 19.0 Å². The van der Waals surface area contributed by atoms with Crippen LogP contribution in [-0.2, 0) is 12.7 Å². The minimum Gasteiger partial charge on any atom is -0.302 e. The molecule has 1 amide bonds. The number of carbonyl (C=O) groups is 1. The van der Waals surface area contributed by atoms with E-state index in [1.807, 2.05) is 0 Å². The lowest BCUT2D eigenvalue weighted by Gasteiger charge is -2.09. The fourth-order valence-electron chi connectivity index (χ4n) is 3.03. The Balaban J connectivity index is 1.65. The molecule has 0 spiro atoms. The third-order valence-corrected chi connectivity index (χ3v) is 6.21. The van der Waals surface area contributed by atoms with Crippen molar-refractivity contribution in [3.8, 4) is 0 Å². The molecule has 0 saturated heterocycles. The molecule has 33 heavy (non-hydrogen) atoms. The normalized spacial score (nSPS) is 11.9. The van der Waals surface area contributed by atoms with Gasteiger partial charge in [-0.3, -0.25) is 9.48 Å². The van der Waals surface area contributed by atoms with Gasteiger partial charge in [0, 0.05) is 27.5 Å². The molecule has 14 heteroatoms. The maximum absolute atomic E-state index is 13.4. The molecule has 0 bridgehead atoms. The molecule has 1 N–H and O–H groups in total. The molecule has 172 valence electrons. The molecule has 0 atom stereocenters. The average molecular weight is 583 g/mol. The van der Waals surface area contributed by atoms with Crippen molar-refractivity contribution in [2.24, 2.45) is 0 Å². The van der Waals surface area contributed by atoms with Gasteiger partial charge in [-0.05, 0) is 41.1 Å². The van der Waals surface area contributed by atoms with E-state index >= 15 is 0 Å². The summed E-state index contributed by atoms with van der Waals surface area (Å²) in [5.41, 5.74) is -0.830. The maximum atomic E-state index is 13.4. The predicted molar refractivity (Wildman–Crippen MR) is 121 cm³/mol. The minimum absolute atomic E-state index is 0.00685. The summed E-state index contributed by atoms with van der Waals surface area (Å²) in [6, 6.07) is 5.88. The number of fused-ring (bicyclic) bond motifs is 1. The highest BCUT2D eigenvalue weighted by Crippen LogP contribution is 2.33. The Bertz CT molecular complexity index is 1380. The lowest BCUT2D eigenvalue weighted by atomic mass is 10.2. The van der Waals surface area contributed by atoms with Gasteiger partial charge in [-0.25, -0.2) is 9.50 Å². The summed E-state index contributed by atoms with van der Waals surface area (Å²) >= 11 is 21.7. The fraction of sp³-hybridized carbons (Fsp3) is 0.158. The molecule has 3 heterocycles.